The molecule has 6 nitrogen and oxygen atoms in total. The molecule has 0 aromatic heterocycles. The van der Waals surface area contributed by atoms with E-state index in [1.807, 2.05) is 19.9 Å². The highest BCUT2D eigenvalue weighted by Crippen LogP contribution is 2.29. The van der Waals surface area contributed by atoms with E-state index in [-0.39, 0.29) is 18.6 Å². The second-order valence-electron chi connectivity index (χ2n) is 6.06. The summed E-state index contributed by atoms with van der Waals surface area (Å²) < 4.78 is 16.0. The minimum absolute atomic E-state index is 0.220. The highest BCUT2D eigenvalue weighted by Gasteiger charge is 2.17. The molecule has 1 fully saturated rings. The maximum absolute atomic E-state index is 11.8. The summed E-state index contributed by atoms with van der Waals surface area (Å²) in [6.07, 6.45) is 7.20. The topological polar surface area (TPSA) is 73.9 Å². The third kappa shape index (κ3) is 6.43. The number of ether oxygens (including phenoxy) is 3. The van der Waals surface area contributed by atoms with Crippen molar-refractivity contribution in [1.29, 1.82) is 0 Å². The van der Waals surface area contributed by atoms with Gasteiger partial charge >= 0.3 is 5.97 Å². The normalized spacial score (nSPS) is 14.4. The minimum atomic E-state index is -0.557. The standard InChI is InChI=1S/C20H27NO5/c1-3-24-17-11-9-15(13-18(17)25-4-2)10-12-20(23)26-14-19(22)21-16-7-5-6-8-16/h9-13,16H,3-8,14H2,1-2H3,(H,21,22)/b12-10+. The van der Waals surface area contributed by atoms with E-state index in [0.29, 0.717) is 24.7 Å². The zero-order valence-corrected chi connectivity index (χ0v) is 15.5. The molecule has 142 valence electrons. The van der Waals surface area contributed by atoms with E-state index < -0.39 is 5.97 Å². The SMILES string of the molecule is CCOc1ccc(/C=C/C(=O)OCC(=O)NC2CCCC2)cc1OCC. The van der Waals surface area contributed by atoms with Gasteiger partial charge in [0.15, 0.2) is 18.1 Å². The van der Waals surface area contributed by atoms with Crippen molar-refractivity contribution in [3.8, 4) is 11.5 Å². The summed E-state index contributed by atoms with van der Waals surface area (Å²) in [5.41, 5.74) is 0.782. The summed E-state index contributed by atoms with van der Waals surface area (Å²) in [5.74, 6) is 0.482. The number of hydrogen-bond donors (Lipinski definition) is 1. The van der Waals surface area contributed by atoms with Crippen LogP contribution in [-0.2, 0) is 14.3 Å². The van der Waals surface area contributed by atoms with E-state index in [0.717, 1.165) is 31.2 Å². The smallest absolute Gasteiger partial charge is 0.331 e. The minimum Gasteiger partial charge on any atom is -0.490 e. The maximum atomic E-state index is 11.8. The van der Waals surface area contributed by atoms with Crippen molar-refractivity contribution in [3.63, 3.8) is 0 Å². The Balaban J connectivity index is 1.84. The molecule has 1 aliphatic carbocycles. The largest absolute Gasteiger partial charge is 0.490 e. The Bertz CT molecular complexity index is 635. The van der Waals surface area contributed by atoms with Crippen LogP contribution in [0.2, 0.25) is 0 Å². The van der Waals surface area contributed by atoms with Gasteiger partial charge in [0.25, 0.3) is 5.91 Å². The molecule has 0 radical (unpaired) electrons. The Morgan fingerprint density at radius 2 is 1.81 bits per heavy atom. The quantitative estimate of drug-likeness (QED) is 0.540. The summed E-state index contributed by atoms with van der Waals surface area (Å²) in [6.45, 7) is 4.61. The molecule has 2 rings (SSSR count). The van der Waals surface area contributed by atoms with Crippen LogP contribution in [0.1, 0.15) is 45.1 Å². The Kier molecular flexibility index (Phi) is 7.99. The van der Waals surface area contributed by atoms with Crippen molar-refractivity contribution < 1.29 is 23.8 Å². The molecule has 0 heterocycles. The Labute approximate surface area is 154 Å². The molecule has 6 heteroatoms. The Morgan fingerprint density at radius 1 is 1.12 bits per heavy atom. The third-order valence-corrected chi connectivity index (χ3v) is 4.05. The molecule has 0 spiro atoms. The lowest BCUT2D eigenvalue weighted by atomic mass is 10.2. The van der Waals surface area contributed by atoms with Crippen LogP contribution in [0.5, 0.6) is 11.5 Å². The summed E-state index contributed by atoms with van der Waals surface area (Å²) in [7, 11) is 0. The number of nitrogens with one attached hydrogen (secondary N) is 1. The molecule has 0 saturated heterocycles. The molecule has 1 amide bonds. The molecule has 1 saturated carbocycles. The van der Waals surface area contributed by atoms with Crippen molar-refractivity contribution >= 4 is 18.0 Å². The van der Waals surface area contributed by atoms with Crippen LogP contribution in [0, 0.1) is 0 Å². The van der Waals surface area contributed by atoms with Crippen molar-refractivity contribution in [3.05, 3.63) is 29.8 Å². The average Bonchev–Trinajstić information content (AvgIpc) is 3.13. The predicted octanol–water partition coefficient (Wildman–Crippen LogP) is 3.10. The van der Waals surface area contributed by atoms with Gasteiger partial charge in [-0.3, -0.25) is 4.79 Å². The van der Waals surface area contributed by atoms with Crippen LogP contribution < -0.4 is 14.8 Å². The number of carbonyl (C=O) groups is 2. The first-order valence-electron chi connectivity index (χ1n) is 9.16. The molecule has 1 aliphatic rings. The number of carbonyl (C=O) groups excluding carboxylic acids is 2. The third-order valence-electron chi connectivity index (χ3n) is 4.05. The van der Waals surface area contributed by atoms with Gasteiger partial charge in [-0.15, -0.1) is 0 Å². The van der Waals surface area contributed by atoms with Crippen LogP contribution in [0.3, 0.4) is 0 Å². The van der Waals surface area contributed by atoms with Gasteiger partial charge in [-0.2, -0.15) is 0 Å². The first-order valence-corrected chi connectivity index (χ1v) is 9.16. The second kappa shape index (κ2) is 10.5. The van der Waals surface area contributed by atoms with Crippen LogP contribution in [0.25, 0.3) is 6.08 Å². The molecular weight excluding hydrogens is 334 g/mol. The number of rotatable bonds is 9. The van der Waals surface area contributed by atoms with Gasteiger partial charge in [-0.1, -0.05) is 18.9 Å². The molecule has 0 bridgehead atoms. The number of amides is 1. The van der Waals surface area contributed by atoms with E-state index in [1.165, 1.54) is 6.08 Å². The predicted molar refractivity (Wildman–Crippen MR) is 99.2 cm³/mol. The van der Waals surface area contributed by atoms with Crippen molar-refractivity contribution in [1.82, 2.24) is 5.32 Å². The maximum Gasteiger partial charge on any atom is 0.331 e. The van der Waals surface area contributed by atoms with Gasteiger partial charge in [-0.05, 0) is 50.5 Å². The Hall–Kier alpha value is -2.50. The molecular formula is C20H27NO5. The molecule has 1 aromatic carbocycles. The van der Waals surface area contributed by atoms with Gasteiger partial charge in [-0.25, -0.2) is 4.79 Å². The van der Waals surface area contributed by atoms with E-state index in [9.17, 15) is 9.59 Å². The lowest BCUT2D eigenvalue weighted by Gasteiger charge is -2.11. The molecule has 0 unspecified atom stereocenters. The van der Waals surface area contributed by atoms with Gasteiger partial charge in [0.2, 0.25) is 0 Å². The van der Waals surface area contributed by atoms with Crippen LogP contribution in [0.4, 0.5) is 0 Å². The second-order valence-corrected chi connectivity index (χ2v) is 6.06. The van der Waals surface area contributed by atoms with Gasteiger partial charge in [0, 0.05) is 12.1 Å². The van der Waals surface area contributed by atoms with E-state index >= 15 is 0 Å². The number of esters is 1. The van der Waals surface area contributed by atoms with E-state index in [4.69, 9.17) is 14.2 Å². The Morgan fingerprint density at radius 3 is 2.50 bits per heavy atom. The van der Waals surface area contributed by atoms with Crippen LogP contribution in [-0.4, -0.2) is 37.7 Å². The summed E-state index contributed by atoms with van der Waals surface area (Å²) >= 11 is 0. The fourth-order valence-corrected chi connectivity index (χ4v) is 2.86. The van der Waals surface area contributed by atoms with Crippen LogP contribution in [0.15, 0.2) is 24.3 Å². The van der Waals surface area contributed by atoms with Crippen molar-refractivity contribution in [2.24, 2.45) is 0 Å². The summed E-state index contributed by atoms with van der Waals surface area (Å²) in [4.78, 5) is 23.5. The van der Waals surface area contributed by atoms with Crippen molar-refractivity contribution in [2.75, 3.05) is 19.8 Å². The first-order chi connectivity index (χ1) is 12.6. The highest BCUT2D eigenvalue weighted by atomic mass is 16.5. The summed E-state index contributed by atoms with van der Waals surface area (Å²) in [5, 5.41) is 2.88. The van der Waals surface area contributed by atoms with E-state index in [2.05, 4.69) is 5.32 Å². The summed E-state index contributed by atoms with van der Waals surface area (Å²) in [6, 6.07) is 5.64. The monoisotopic (exact) mass is 361 g/mol. The zero-order chi connectivity index (χ0) is 18.8. The van der Waals surface area contributed by atoms with Gasteiger partial charge < -0.3 is 19.5 Å². The van der Waals surface area contributed by atoms with Gasteiger partial charge in [0.1, 0.15) is 0 Å². The van der Waals surface area contributed by atoms with E-state index in [1.54, 1.807) is 18.2 Å². The average molecular weight is 361 g/mol. The number of benzene rings is 1. The van der Waals surface area contributed by atoms with Gasteiger partial charge in [0.05, 0.1) is 13.2 Å². The molecule has 0 atom stereocenters. The molecule has 26 heavy (non-hydrogen) atoms. The fourth-order valence-electron chi connectivity index (χ4n) is 2.86. The molecule has 0 aliphatic heterocycles. The first kappa shape index (κ1) is 19.8. The fraction of sp³-hybridized carbons (Fsp3) is 0.500. The lowest BCUT2D eigenvalue weighted by molar-refractivity contribution is -0.144. The number of hydrogen-bond acceptors (Lipinski definition) is 5. The molecule has 1 N–H and O–H groups in total. The van der Waals surface area contributed by atoms with Crippen molar-refractivity contribution in [2.45, 2.75) is 45.6 Å². The van der Waals surface area contributed by atoms with Crippen LogP contribution >= 0.6 is 0 Å². The highest BCUT2D eigenvalue weighted by molar-refractivity contribution is 5.89. The molecule has 1 aromatic rings. The zero-order valence-electron chi connectivity index (χ0n) is 15.5. The lowest BCUT2D eigenvalue weighted by Crippen LogP contribution is -2.35.